The van der Waals surface area contributed by atoms with Crippen molar-refractivity contribution in [1.29, 1.82) is 0 Å². The molecule has 0 radical (unpaired) electrons. The second-order valence-corrected chi connectivity index (χ2v) is 6.95. The van der Waals surface area contributed by atoms with Crippen molar-refractivity contribution < 1.29 is 9.59 Å². The van der Waals surface area contributed by atoms with Gasteiger partial charge in [0.15, 0.2) is 5.82 Å². The fourth-order valence-electron chi connectivity index (χ4n) is 2.22. The minimum Gasteiger partial charge on any atom is -0.326 e. The summed E-state index contributed by atoms with van der Waals surface area (Å²) in [5, 5.41) is 13.5. The van der Waals surface area contributed by atoms with Gasteiger partial charge in [0, 0.05) is 28.9 Å². The number of rotatable bonds is 6. The fraction of sp³-hybridized carbons (Fsp3) is 0.111. The van der Waals surface area contributed by atoms with E-state index in [1.807, 2.05) is 12.1 Å². The molecule has 3 aromatic rings. The molecular weight excluding hydrogens is 386 g/mol. The van der Waals surface area contributed by atoms with Gasteiger partial charge in [-0.2, -0.15) is 0 Å². The van der Waals surface area contributed by atoms with Crippen LogP contribution in [0.3, 0.4) is 0 Å². The van der Waals surface area contributed by atoms with Crippen molar-refractivity contribution in [3.63, 3.8) is 0 Å². The van der Waals surface area contributed by atoms with E-state index in [2.05, 4.69) is 25.8 Å². The molecule has 0 saturated carbocycles. The minimum atomic E-state index is -0.159. The Labute approximate surface area is 164 Å². The van der Waals surface area contributed by atoms with Gasteiger partial charge < -0.3 is 10.6 Å². The highest BCUT2D eigenvalue weighted by Crippen LogP contribution is 2.21. The lowest BCUT2D eigenvalue weighted by Gasteiger charge is -2.03. The van der Waals surface area contributed by atoms with Gasteiger partial charge in [-0.15, -0.1) is 5.10 Å². The van der Waals surface area contributed by atoms with Crippen LogP contribution in [-0.2, 0) is 9.59 Å². The molecule has 7 nitrogen and oxygen atoms in total. The number of H-pyrrole nitrogens is 1. The molecule has 0 aliphatic rings. The van der Waals surface area contributed by atoms with E-state index in [-0.39, 0.29) is 17.6 Å². The van der Waals surface area contributed by atoms with Gasteiger partial charge in [0.25, 0.3) is 0 Å². The molecule has 2 amide bonds. The molecule has 3 N–H and O–H groups in total. The van der Waals surface area contributed by atoms with Crippen LogP contribution in [0, 0.1) is 0 Å². The molecule has 2 aromatic carbocycles. The Bertz CT molecular complexity index is 941. The van der Waals surface area contributed by atoms with Gasteiger partial charge in [-0.3, -0.25) is 14.7 Å². The predicted molar refractivity (Wildman–Crippen MR) is 107 cm³/mol. The Morgan fingerprint density at radius 1 is 1.04 bits per heavy atom. The Morgan fingerprint density at radius 2 is 1.67 bits per heavy atom. The van der Waals surface area contributed by atoms with E-state index < -0.39 is 0 Å². The summed E-state index contributed by atoms with van der Waals surface area (Å²) in [5.41, 5.74) is 2.22. The second kappa shape index (κ2) is 8.70. The zero-order chi connectivity index (χ0) is 19.2. The number of thioether (sulfide) groups is 1. The molecule has 0 fully saturated rings. The van der Waals surface area contributed by atoms with Crippen molar-refractivity contribution in [1.82, 2.24) is 15.2 Å². The fourth-order valence-corrected chi connectivity index (χ4v) is 2.94. The number of halogens is 1. The monoisotopic (exact) mass is 401 g/mol. The number of benzene rings is 2. The van der Waals surface area contributed by atoms with Crippen LogP contribution in [0.2, 0.25) is 5.02 Å². The number of carbonyl (C=O) groups is 2. The van der Waals surface area contributed by atoms with Crippen LogP contribution in [0.4, 0.5) is 11.4 Å². The highest BCUT2D eigenvalue weighted by atomic mass is 35.5. The summed E-state index contributed by atoms with van der Waals surface area (Å²) in [6.07, 6.45) is 0. The average Bonchev–Trinajstić information content (AvgIpc) is 3.11. The van der Waals surface area contributed by atoms with Crippen LogP contribution >= 0.6 is 23.4 Å². The Hall–Kier alpha value is -2.84. The van der Waals surface area contributed by atoms with Crippen molar-refractivity contribution in [3.05, 3.63) is 53.6 Å². The smallest absolute Gasteiger partial charge is 0.234 e. The summed E-state index contributed by atoms with van der Waals surface area (Å²) < 4.78 is 0. The average molecular weight is 402 g/mol. The summed E-state index contributed by atoms with van der Waals surface area (Å²) >= 11 is 7.05. The molecule has 3 rings (SSSR count). The number of aromatic amines is 1. The number of anilines is 2. The third-order valence-electron chi connectivity index (χ3n) is 3.40. The molecule has 0 saturated heterocycles. The first-order valence-electron chi connectivity index (χ1n) is 7.98. The molecule has 0 unspecified atom stereocenters. The van der Waals surface area contributed by atoms with E-state index in [9.17, 15) is 9.59 Å². The molecule has 0 atom stereocenters. The van der Waals surface area contributed by atoms with E-state index in [1.54, 1.807) is 36.4 Å². The first-order chi connectivity index (χ1) is 13.0. The van der Waals surface area contributed by atoms with Crippen LogP contribution in [0.1, 0.15) is 6.92 Å². The number of nitrogens with zero attached hydrogens (tertiary/aromatic N) is 2. The second-order valence-electron chi connectivity index (χ2n) is 5.57. The van der Waals surface area contributed by atoms with E-state index in [0.717, 1.165) is 5.56 Å². The van der Waals surface area contributed by atoms with Gasteiger partial charge in [0.1, 0.15) is 0 Å². The van der Waals surface area contributed by atoms with E-state index in [0.29, 0.717) is 27.4 Å². The number of aromatic nitrogens is 3. The quantitative estimate of drug-likeness (QED) is 0.545. The third-order valence-corrected chi connectivity index (χ3v) is 4.50. The van der Waals surface area contributed by atoms with Crippen LogP contribution in [-0.4, -0.2) is 32.7 Å². The molecule has 0 aliphatic heterocycles. The maximum Gasteiger partial charge on any atom is 0.234 e. The van der Waals surface area contributed by atoms with E-state index in [1.165, 1.54) is 18.7 Å². The molecule has 0 spiro atoms. The molecule has 9 heteroatoms. The third kappa shape index (κ3) is 5.57. The topological polar surface area (TPSA) is 99.8 Å². The van der Waals surface area contributed by atoms with Gasteiger partial charge >= 0.3 is 0 Å². The lowest BCUT2D eigenvalue weighted by atomic mass is 10.2. The van der Waals surface area contributed by atoms with Gasteiger partial charge in [-0.05, 0) is 48.5 Å². The van der Waals surface area contributed by atoms with Crippen molar-refractivity contribution in [2.24, 2.45) is 0 Å². The molecule has 138 valence electrons. The van der Waals surface area contributed by atoms with Crippen LogP contribution in [0.5, 0.6) is 0 Å². The van der Waals surface area contributed by atoms with Crippen LogP contribution in [0.25, 0.3) is 11.4 Å². The summed E-state index contributed by atoms with van der Waals surface area (Å²) in [6, 6.07) is 14.1. The molecule has 0 aliphatic carbocycles. The van der Waals surface area contributed by atoms with Gasteiger partial charge in [-0.25, -0.2) is 4.98 Å². The summed E-state index contributed by atoms with van der Waals surface area (Å²) in [7, 11) is 0. The maximum absolute atomic E-state index is 12.0. The maximum atomic E-state index is 12.0. The standard InChI is InChI=1S/C18H16ClN5O2S/c1-11(25)20-14-6-2-12(3-7-14)17-22-18(24-23-17)27-10-16(26)21-15-8-4-13(19)5-9-15/h2-9H,10H2,1H3,(H,20,25)(H,21,26)(H,22,23,24). The number of nitrogens with one attached hydrogen (secondary N) is 3. The van der Waals surface area contributed by atoms with Gasteiger partial charge in [0.05, 0.1) is 5.75 Å². The van der Waals surface area contributed by atoms with E-state index in [4.69, 9.17) is 11.6 Å². The Balaban J connectivity index is 1.55. The summed E-state index contributed by atoms with van der Waals surface area (Å²) in [6.45, 7) is 1.46. The van der Waals surface area contributed by atoms with Crippen LogP contribution < -0.4 is 10.6 Å². The van der Waals surface area contributed by atoms with Crippen LogP contribution in [0.15, 0.2) is 53.7 Å². The summed E-state index contributed by atoms with van der Waals surface area (Å²) in [4.78, 5) is 27.4. The zero-order valence-corrected chi connectivity index (χ0v) is 15.9. The zero-order valence-electron chi connectivity index (χ0n) is 14.3. The van der Waals surface area contributed by atoms with Gasteiger partial charge in [0.2, 0.25) is 17.0 Å². The lowest BCUT2D eigenvalue weighted by Crippen LogP contribution is -2.13. The molecule has 1 heterocycles. The first-order valence-corrected chi connectivity index (χ1v) is 9.34. The molecule has 27 heavy (non-hydrogen) atoms. The summed E-state index contributed by atoms with van der Waals surface area (Å²) in [5.74, 6) is 0.484. The highest BCUT2D eigenvalue weighted by Gasteiger charge is 2.09. The van der Waals surface area contributed by atoms with E-state index >= 15 is 0 Å². The van der Waals surface area contributed by atoms with Crippen molar-refractivity contribution in [2.75, 3.05) is 16.4 Å². The molecule has 1 aromatic heterocycles. The minimum absolute atomic E-state index is 0.127. The lowest BCUT2D eigenvalue weighted by molar-refractivity contribution is -0.114. The number of amides is 2. The SMILES string of the molecule is CC(=O)Nc1ccc(-c2nc(SCC(=O)Nc3ccc(Cl)cc3)n[nH]2)cc1. The largest absolute Gasteiger partial charge is 0.326 e. The number of hydrogen-bond acceptors (Lipinski definition) is 5. The van der Waals surface area contributed by atoms with Gasteiger partial charge in [-0.1, -0.05) is 23.4 Å². The van der Waals surface area contributed by atoms with Crippen molar-refractivity contribution in [2.45, 2.75) is 12.1 Å². The Morgan fingerprint density at radius 3 is 2.33 bits per heavy atom. The van der Waals surface area contributed by atoms with Crippen molar-refractivity contribution >= 4 is 46.6 Å². The highest BCUT2D eigenvalue weighted by molar-refractivity contribution is 7.99. The normalized spacial score (nSPS) is 10.4. The molecular formula is C18H16ClN5O2S. The first kappa shape index (κ1) is 18.9. The van der Waals surface area contributed by atoms with Crippen molar-refractivity contribution in [3.8, 4) is 11.4 Å². The molecule has 0 bridgehead atoms. The number of hydrogen-bond donors (Lipinski definition) is 3. The Kier molecular flexibility index (Phi) is 6.10. The predicted octanol–water partition coefficient (Wildman–Crippen LogP) is 3.81. The number of carbonyl (C=O) groups excluding carboxylic acids is 2.